The van der Waals surface area contributed by atoms with E-state index in [1.165, 1.54) is 6.07 Å². The van der Waals surface area contributed by atoms with Crippen molar-refractivity contribution in [3.63, 3.8) is 0 Å². The number of nitro groups is 1. The molecule has 3 rings (SSSR count). The largest absolute Gasteiger partial charge is 0.484 e. The topological polar surface area (TPSA) is 103 Å². The van der Waals surface area contributed by atoms with Gasteiger partial charge in [0, 0.05) is 6.92 Å². The number of fused-ring (bicyclic) bond motifs is 1. The third kappa shape index (κ3) is 2.69. The number of benzene rings is 1. The number of imide groups is 1. The quantitative estimate of drug-likeness (QED) is 0.472. The second kappa shape index (κ2) is 6.07. The van der Waals surface area contributed by atoms with E-state index < -0.39 is 22.6 Å². The van der Waals surface area contributed by atoms with Gasteiger partial charge in [-0.2, -0.15) is 0 Å². The predicted molar refractivity (Wildman–Crippen MR) is 82.9 cm³/mol. The molecule has 2 aromatic rings. The van der Waals surface area contributed by atoms with Gasteiger partial charge in [0.2, 0.25) is 5.75 Å². The Morgan fingerprint density at radius 2 is 1.75 bits per heavy atom. The lowest BCUT2D eigenvalue weighted by Gasteiger charge is -2.14. The summed E-state index contributed by atoms with van der Waals surface area (Å²) in [5, 5.41) is 11.0. The monoisotopic (exact) mass is 327 g/mol. The highest BCUT2D eigenvalue weighted by atomic mass is 16.6. The van der Waals surface area contributed by atoms with Crippen LogP contribution in [0.3, 0.4) is 0 Å². The van der Waals surface area contributed by atoms with Gasteiger partial charge in [-0.3, -0.25) is 14.5 Å². The number of carbonyl (C=O) groups is 2. The van der Waals surface area contributed by atoms with E-state index in [-0.39, 0.29) is 18.9 Å². The van der Waals surface area contributed by atoms with Crippen molar-refractivity contribution in [3.05, 3.63) is 63.3 Å². The first-order valence-electron chi connectivity index (χ1n) is 7.19. The summed E-state index contributed by atoms with van der Waals surface area (Å²) < 4.78 is 5.36. The fourth-order valence-corrected chi connectivity index (χ4v) is 2.46. The van der Waals surface area contributed by atoms with Gasteiger partial charge in [-0.25, -0.2) is 0 Å². The molecule has 1 aliphatic rings. The summed E-state index contributed by atoms with van der Waals surface area (Å²) in [6.45, 7) is 1.57. The molecule has 0 radical (unpaired) electrons. The van der Waals surface area contributed by atoms with E-state index in [1.807, 2.05) is 0 Å². The highest BCUT2D eigenvalue weighted by Gasteiger charge is 2.34. The molecule has 1 aromatic heterocycles. The molecule has 0 unspecified atom stereocenters. The molecule has 0 spiro atoms. The van der Waals surface area contributed by atoms with Crippen LogP contribution in [0.4, 0.5) is 5.82 Å². The highest BCUT2D eigenvalue weighted by molar-refractivity contribution is 6.21. The molecular weight excluding hydrogens is 314 g/mol. The first-order valence-corrected chi connectivity index (χ1v) is 7.19. The molecule has 1 aromatic carbocycles. The molecule has 122 valence electrons. The van der Waals surface area contributed by atoms with Crippen LogP contribution in [0.25, 0.3) is 0 Å². The molecule has 0 saturated carbocycles. The maximum atomic E-state index is 12.2. The zero-order chi connectivity index (χ0) is 17.3. The van der Waals surface area contributed by atoms with E-state index in [0.29, 0.717) is 16.8 Å². The lowest BCUT2D eigenvalue weighted by atomic mass is 10.1. The Hall–Kier alpha value is -3.29. The lowest BCUT2D eigenvalue weighted by Crippen LogP contribution is -2.33. The Kier molecular flexibility index (Phi) is 3.95. The average Bonchev–Trinajstić information content (AvgIpc) is 2.81. The van der Waals surface area contributed by atoms with Crippen molar-refractivity contribution >= 4 is 17.6 Å². The maximum absolute atomic E-state index is 12.2. The molecule has 8 heteroatoms. The smallest absolute Gasteiger partial charge is 0.406 e. The minimum absolute atomic E-state index is 0.00205. The van der Waals surface area contributed by atoms with Crippen molar-refractivity contribution in [2.75, 3.05) is 13.2 Å². The van der Waals surface area contributed by atoms with E-state index in [9.17, 15) is 19.7 Å². The Morgan fingerprint density at radius 3 is 2.33 bits per heavy atom. The number of aryl methyl sites for hydroxylation is 1. The van der Waals surface area contributed by atoms with Crippen molar-refractivity contribution in [3.8, 4) is 5.75 Å². The molecule has 0 aliphatic carbocycles. The fourth-order valence-electron chi connectivity index (χ4n) is 2.46. The molecule has 2 amide bonds. The van der Waals surface area contributed by atoms with Crippen molar-refractivity contribution in [1.29, 1.82) is 0 Å². The molecule has 24 heavy (non-hydrogen) atoms. The molecule has 0 fully saturated rings. The van der Waals surface area contributed by atoms with Crippen LogP contribution in [-0.2, 0) is 0 Å². The number of rotatable bonds is 5. The number of nitrogens with zero attached hydrogens (tertiary/aromatic N) is 3. The maximum Gasteiger partial charge on any atom is 0.406 e. The number of amides is 2. The number of carbonyl (C=O) groups excluding carboxylic acids is 2. The van der Waals surface area contributed by atoms with Crippen LogP contribution < -0.4 is 4.74 Å². The summed E-state index contributed by atoms with van der Waals surface area (Å²) in [6.07, 6.45) is 0. The summed E-state index contributed by atoms with van der Waals surface area (Å²) in [7, 11) is 0. The van der Waals surface area contributed by atoms with Gasteiger partial charge in [0.1, 0.15) is 12.3 Å². The van der Waals surface area contributed by atoms with Gasteiger partial charge < -0.3 is 14.9 Å². The zero-order valence-electron chi connectivity index (χ0n) is 12.8. The van der Waals surface area contributed by atoms with Gasteiger partial charge in [0.15, 0.2) is 0 Å². The van der Waals surface area contributed by atoms with Crippen molar-refractivity contribution < 1.29 is 19.2 Å². The fraction of sp³-hybridized carbons (Fsp3) is 0.188. The van der Waals surface area contributed by atoms with Crippen LogP contribution in [0.15, 0.2) is 36.4 Å². The van der Waals surface area contributed by atoms with Gasteiger partial charge in [-0.15, -0.1) is 0 Å². The first-order chi connectivity index (χ1) is 11.5. The lowest BCUT2D eigenvalue weighted by molar-refractivity contribution is -0.390. The number of aromatic nitrogens is 1. The van der Waals surface area contributed by atoms with E-state index >= 15 is 0 Å². The van der Waals surface area contributed by atoms with Gasteiger partial charge in [-0.1, -0.05) is 12.1 Å². The normalized spacial score (nSPS) is 13.1. The van der Waals surface area contributed by atoms with Crippen LogP contribution in [-0.4, -0.2) is 39.8 Å². The Bertz CT molecular complexity index is 814. The van der Waals surface area contributed by atoms with Crippen LogP contribution >= 0.6 is 0 Å². The van der Waals surface area contributed by atoms with Gasteiger partial charge in [0.05, 0.1) is 17.7 Å². The number of hydrogen-bond donors (Lipinski definition) is 0. The summed E-state index contributed by atoms with van der Waals surface area (Å²) >= 11 is 0. The standard InChI is InChI=1S/C16H13N3O5/c1-10-6-7-13(14(17-10)19(22)23)24-9-8-18-15(20)11-4-2-3-5-12(11)16(18)21/h2-7H,8-9H2,1H3. The average molecular weight is 327 g/mol. The molecule has 0 atom stereocenters. The summed E-state index contributed by atoms with van der Waals surface area (Å²) in [5.41, 5.74) is 1.20. The van der Waals surface area contributed by atoms with Crippen molar-refractivity contribution in [2.45, 2.75) is 6.92 Å². The first kappa shape index (κ1) is 15.6. The van der Waals surface area contributed by atoms with Gasteiger partial charge in [-0.05, 0) is 34.2 Å². The molecular formula is C16H13N3O5. The molecule has 0 saturated heterocycles. The Labute approximate surface area is 136 Å². The van der Waals surface area contributed by atoms with Crippen molar-refractivity contribution in [1.82, 2.24) is 9.88 Å². The minimum atomic E-state index is -0.635. The van der Waals surface area contributed by atoms with Crippen LogP contribution in [0, 0.1) is 17.0 Å². The second-order valence-corrected chi connectivity index (χ2v) is 5.19. The van der Waals surface area contributed by atoms with Gasteiger partial charge in [0.25, 0.3) is 11.8 Å². The molecule has 2 heterocycles. The van der Waals surface area contributed by atoms with Crippen LogP contribution in [0.5, 0.6) is 5.75 Å². The summed E-state index contributed by atoms with van der Waals surface area (Å²) in [5.74, 6) is -1.17. The summed E-state index contributed by atoms with van der Waals surface area (Å²) in [6, 6.07) is 9.58. The number of ether oxygens (including phenoxy) is 1. The summed E-state index contributed by atoms with van der Waals surface area (Å²) in [4.78, 5) is 39.6. The van der Waals surface area contributed by atoms with Gasteiger partial charge >= 0.3 is 5.82 Å². The highest BCUT2D eigenvalue weighted by Crippen LogP contribution is 2.25. The third-order valence-electron chi connectivity index (χ3n) is 3.60. The number of hydrogen-bond acceptors (Lipinski definition) is 6. The van der Waals surface area contributed by atoms with E-state index in [1.54, 1.807) is 37.3 Å². The number of pyridine rings is 1. The van der Waals surface area contributed by atoms with E-state index in [2.05, 4.69) is 4.98 Å². The molecule has 0 N–H and O–H groups in total. The molecule has 1 aliphatic heterocycles. The van der Waals surface area contributed by atoms with Crippen LogP contribution in [0.2, 0.25) is 0 Å². The third-order valence-corrected chi connectivity index (χ3v) is 3.60. The predicted octanol–water partition coefficient (Wildman–Crippen LogP) is 1.97. The van der Waals surface area contributed by atoms with E-state index in [0.717, 1.165) is 4.90 Å². The second-order valence-electron chi connectivity index (χ2n) is 5.19. The van der Waals surface area contributed by atoms with E-state index in [4.69, 9.17) is 4.74 Å². The zero-order valence-corrected chi connectivity index (χ0v) is 12.8. The van der Waals surface area contributed by atoms with Crippen LogP contribution in [0.1, 0.15) is 26.4 Å². The Balaban J connectivity index is 1.69. The SMILES string of the molecule is Cc1ccc(OCCN2C(=O)c3ccccc3C2=O)c([N+](=O)[O-])n1. The minimum Gasteiger partial charge on any atom is -0.484 e. The molecule has 0 bridgehead atoms. The molecule has 8 nitrogen and oxygen atoms in total. The van der Waals surface area contributed by atoms with Crippen molar-refractivity contribution in [2.24, 2.45) is 0 Å². The Morgan fingerprint density at radius 1 is 1.12 bits per heavy atom.